The summed E-state index contributed by atoms with van der Waals surface area (Å²) in [6.07, 6.45) is 5.57. The van der Waals surface area contributed by atoms with Crippen LogP contribution < -0.4 is 5.69 Å². The number of aromatic hydroxyl groups is 1. The Morgan fingerprint density at radius 1 is 1.06 bits per heavy atom. The average Bonchev–Trinajstić information content (AvgIpc) is 3.44. The van der Waals surface area contributed by atoms with Crippen LogP contribution in [-0.2, 0) is 14.6 Å². The minimum absolute atomic E-state index is 0.0158. The Balaban J connectivity index is 1.65. The fraction of sp³-hybridized carbons (Fsp3) is 0.364. The number of hydrogen-bond acceptors (Lipinski definition) is 7. The number of ether oxygens (including phenoxy) is 1. The number of rotatable bonds is 8. The van der Waals surface area contributed by atoms with Crippen molar-refractivity contribution in [3.05, 3.63) is 71.0 Å². The number of imidazole rings is 1. The van der Waals surface area contributed by atoms with E-state index in [4.69, 9.17) is 4.74 Å². The molecule has 0 amide bonds. The number of alkyl halides is 3. The van der Waals surface area contributed by atoms with Crippen molar-refractivity contribution in [1.82, 2.24) is 19.0 Å². The molecule has 0 radical (unpaired) electrons. The van der Waals surface area contributed by atoms with E-state index >= 15 is 0 Å². The van der Waals surface area contributed by atoms with Gasteiger partial charge in [-0.2, -0.15) is 13.2 Å². The molecule has 1 N–H and O–H groups in total. The van der Waals surface area contributed by atoms with Crippen molar-refractivity contribution in [1.29, 1.82) is 0 Å². The SMILES string of the molecule is O=c1n(C(OCCN2CCCC2)c2ccncc2)cc(O)n1-c1ccc(S(=O)(=O)C(F)(F)F)cc1. The van der Waals surface area contributed by atoms with Gasteiger partial charge in [0.15, 0.2) is 6.23 Å². The van der Waals surface area contributed by atoms with Gasteiger partial charge in [0.1, 0.15) is 0 Å². The normalized spacial score (nSPS) is 16.0. The molecule has 35 heavy (non-hydrogen) atoms. The molecule has 0 saturated carbocycles. The molecule has 3 heterocycles. The van der Waals surface area contributed by atoms with Crippen LogP contribution in [0.5, 0.6) is 5.88 Å². The quantitative estimate of drug-likeness (QED) is 0.495. The highest BCUT2D eigenvalue weighted by molar-refractivity contribution is 7.92. The Morgan fingerprint density at radius 2 is 1.69 bits per heavy atom. The Hall–Kier alpha value is -3.16. The van der Waals surface area contributed by atoms with Gasteiger partial charge in [-0.05, 0) is 62.3 Å². The summed E-state index contributed by atoms with van der Waals surface area (Å²) < 4.78 is 69.7. The van der Waals surface area contributed by atoms with Gasteiger partial charge in [-0.1, -0.05) is 0 Å². The van der Waals surface area contributed by atoms with Gasteiger partial charge < -0.3 is 14.7 Å². The summed E-state index contributed by atoms with van der Waals surface area (Å²) in [4.78, 5) is 18.5. The van der Waals surface area contributed by atoms with Crippen molar-refractivity contribution in [2.24, 2.45) is 0 Å². The van der Waals surface area contributed by atoms with Crippen LogP contribution in [0.25, 0.3) is 5.69 Å². The first-order valence-corrected chi connectivity index (χ1v) is 12.3. The minimum Gasteiger partial charge on any atom is -0.493 e. The molecule has 1 atom stereocenters. The van der Waals surface area contributed by atoms with E-state index < -0.39 is 38.0 Å². The van der Waals surface area contributed by atoms with Crippen LogP contribution in [0.3, 0.4) is 0 Å². The Kier molecular flexibility index (Phi) is 7.01. The summed E-state index contributed by atoms with van der Waals surface area (Å²) in [5, 5.41) is 10.5. The molecule has 0 bridgehead atoms. The highest BCUT2D eigenvalue weighted by Crippen LogP contribution is 2.31. The molecular weight excluding hydrogens is 489 g/mol. The van der Waals surface area contributed by atoms with Crippen molar-refractivity contribution in [2.45, 2.75) is 29.5 Å². The lowest BCUT2D eigenvalue weighted by Crippen LogP contribution is -2.31. The molecule has 3 aromatic rings. The first-order chi connectivity index (χ1) is 16.6. The maximum Gasteiger partial charge on any atom is 0.501 e. The van der Waals surface area contributed by atoms with Gasteiger partial charge in [-0.25, -0.2) is 17.8 Å². The van der Waals surface area contributed by atoms with Gasteiger partial charge in [0, 0.05) is 24.5 Å². The first kappa shape index (κ1) is 24.9. The third kappa shape index (κ3) is 5.11. The van der Waals surface area contributed by atoms with E-state index in [0.717, 1.165) is 65.5 Å². The highest BCUT2D eigenvalue weighted by atomic mass is 32.2. The fourth-order valence-corrected chi connectivity index (χ4v) is 4.70. The lowest BCUT2D eigenvalue weighted by Gasteiger charge is -2.21. The van der Waals surface area contributed by atoms with Gasteiger partial charge in [-0.3, -0.25) is 9.55 Å². The lowest BCUT2D eigenvalue weighted by atomic mass is 10.2. The number of aromatic nitrogens is 3. The van der Waals surface area contributed by atoms with E-state index in [1.807, 2.05) is 0 Å². The largest absolute Gasteiger partial charge is 0.501 e. The molecule has 13 heteroatoms. The van der Waals surface area contributed by atoms with E-state index in [2.05, 4.69) is 9.88 Å². The molecule has 9 nitrogen and oxygen atoms in total. The summed E-state index contributed by atoms with van der Waals surface area (Å²) in [5.74, 6) is -0.497. The maximum absolute atomic E-state index is 13.2. The van der Waals surface area contributed by atoms with Crippen molar-refractivity contribution < 1.29 is 31.4 Å². The summed E-state index contributed by atoms with van der Waals surface area (Å²) in [6.45, 7) is 2.93. The van der Waals surface area contributed by atoms with Crippen molar-refractivity contribution in [3.63, 3.8) is 0 Å². The zero-order chi connectivity index (χ0) is 25.2. The molecule has 1 fully saturated rings. The van der Waals surface area contributed by atoms with Crippen LogP contribution in [0.15, 0.2) is 64.7 Å². The van der Waals surface area contributed by atoms with Crippen LogP contribution >= 0.6 is 0 Å². The monoisotopic (exact) mass is 512 g/mol. The first-order valence-electron chi connectivity index (χ1n) is 10.8. The molecule has 1 aliphatic rings. The molecular formula is C22H23F3N4O5S. The number of sulfone groups is 1. The number of halogens is 3. The molecule has 4 rings (SSSR count). The standard InChI is InChI=1S/C22H23F3N4O5S/c23-22(24,25)35(32,33)18-5-3-17(4-6-18)29-19(30)15-28(21(29)31)20(16-7-9-26-10-8-16)34-14-13-27-11-1-2-12-27/h3-10,15,20,30H,1-2,11-14H2. The number of pyridine rings is 1. The summed E-state index contributed by atoms with van der Waals surface area (Å²) in [7, 11) is -5.54. The average molecular weight is 513 g/mol. The van der Waals surface area contributed by atoms with Gasteiger partial charge in [-0.15, -0.1) is 0 Å². The molecule has 188 valence electrons. The van der Waals surface area contributed by atoms with Crippen molar-refractivity contribution >= 4 is 9.84 Å². The number of likely N-dealkylation sites (tertiary alicyclic amines) is 1. The maximum atomic E-state index is 13.2. The van der Waals surface area contributed by atoms with Crippen molar-refractivity contribution in [3.8, 4) is 11.6 Å². The van der Waals surface area contributed by atoms with Gasteiger partial charge in [0.2, 0.25) is 5.88 Å². The van der Waals surface area contributed by atoms with Crippen LogP contribution in [0.4, 0.5) is 13.2 Å². The minimum atomic E-state index is -5.54. The van der Waals surface area contributed by atoms with E-state index in [9.17, 15) is 31.5 Å². The molecule has 2 aromatic heterocycles. The fourth-order valence-electron chi connectivity index (χ4n) is 3.93. The van der Waals surface area contributed by atoms with Crippen LogP contribution in [-0.4, -0.2) is 64.3 Å². The molecule has 1 unspecified atom stereocenters. The second kappa shape index (κ2) is 9.84. The third-order valence-electron chi connectivity index (χ3n) is 5.73. The smallest absolute Gasteiger partial charge is 0.493 e. The number of nitrogens with zero attached hydrogens (tertiary/aromatic N) is 4. The molecule has 1 aromatic carbocycles. The topological polar surface area (TPSA) is 107 Å². The zero-order valence-corrected chi connectivity index (χ0v) is 19.2. The zero-order valence-electron chi connectivity index (χ0n) is 18.4. The predicted molar refractivity (Wildman–Crippen MR) is 119 cm³/mol. The van der Waals surface area contributed by atoms with E-state index in [1.54, 1.807) is 12.1 Å². The van der Waals surface area contributed by atoms with Crippen molar-refractivity contribution in [2.75, 3.05) is 26.2 Å². The summed E-state index contributed by atoms with van der Waals surface area (Å²) in [5.41, 5.74) is -5.59. The summed E-state index contributed by atoms with van der Waals surface area (Å²) >= 11 is 0. The van der Waals surface area contributed by atoms with Gasteiger partial charge in [0.25, 0.3) is 9.84 Å². The lowest BCUT2D eigenvalue weighted by molar-refractivity contribution is -0.0436. The molecule has 1 saturated heterocycles. The Labute approximate surface area is 198 Å². The van der Waals surface area contributed by atoms with E-state index in [1.165, 1.54) is 12.4 Å². The van der Waals surface area contributed by atoms with Crippen LogP contribution in [0.2, 0.25) is 0 Å². The Morgan fingerprint density at radius 3 is 2.29 bits per heavy atom. The van der Waals surface area contributed by atoms with Gasteiger partial charge >= 0.3 is 11.2 Å². The predicted octanol–water partition coefficient (Wildman–Crippen LogP) is 2.69. The number of benzene rings is 1. The second-order valence-corrected chi connectivity index (χ2v) is 9.95. The van der Waals surface area contributed by atoms with Crippen LogP contribution in [0, 0.1) is 0 Å². The molecule has 0 aliphatic carbocycles. The molecule has 1 aliphatic heterocycles. The third-order valence-corrected chi connectivity index (χ3v) is 7.23. The van der Waals surface area contributed by atoms with Crippen LogP contribution in [0.1, 0.15) is 24.6 Å². The second-order valence-electron chi connectivity index (χ2n) is 8.01. The van der Waals surface area contributed by atoms with E-state index in [0.29, 0.717) is 18.7 Å². The Bertz CT molecular complexity index is 1320. The molecule has 0 spiro atoms. The number of hydrogen-bond donors (Lipinski definition) is 1. The van der Waals surface area contributed by atoms with Gasteiger partial charge in [0.05, 0.1) is 23.4 Å². The highest BCUT2D eigenvalue weighted by Gasteiger charge is 2.46. The van der Waals surface area contributed by atoms with E-state index in [-0.39, 0.29) is 5.69 Å². The summed E-state index contributed by atoms with van der Waals surface area (Å²) in [6, 6.07) is 6.82.